The number of rotatable bonds is 4. The molecule has 0 radical (unpaired) electrons. The minimum Gasteiger partial charge on any atom is -0.462 e. The fourth-order valence-corrected chi connectivity index (χ4v) is 3.15. The van der Waals surface area contributed by atoms with Gasteiger partial charge < -0.3 is 15.4 Å². The molecule has 1 aromatic rings. The molecule has 2 aliphatic carbocycles. The number of hydrogen-bond acceptors (Lipinski definition) is 3. The highest BCUT2D eigenvalue weighted by Gasteiger charge is 2.39. The number of aryl methyl sites for hydroxylation is 1. The minimum absolute atomic E-state index is 0.0108. The van der Waals surface area contributed by atoms with E-state index in [0.717, 1.165) is 17.5 Å². The van der Waals surface area contributed by atoms with Crippen molar-refractivity contribution in [3.05, 3.63) is 71.1 Å². The number of allylic oxidation sites excluding steroid dienone is 7. The van der Waals surface area contributed by atoms with Gasteiger partial charge in [0.1, 0.15) is 11.5 Å². The topological polar surface area (TPSA) is 63.2 Å². The smallest absolute Gasteiger partial charge is 0.414 e. The molecular weight excluding hydrogens is 407 g/mol. The summed E-state index contributed by atoms with van der Waals surface area (Å²) in [6, 6.07) is 2.96. The monoisotopic (exact) mass is 425 g/mol. The van der Waals surface area contributed by atoms with Gasteiger partial charge in [0, 0.05) is 35.8 Å². The van der Waals surface area contributed by atoms with Gasteiger partial charge in [-0.25, -0.2) is 4.79 Å². The Morgan fingerprint density at radius 3 is 2.72 bits per heavy atom. The predicted octanol–water partition coefficient (Wildman–Crippen LogP) is 5.01. The molecule has 9 heteroatoms. The third-order valence-electron chi connectivity index (χ3n) is 4.28. The van der Waals surface area contributed by atoms with Gasteiger partial charge in [-0.2, -0.15) is 13.2 Å². The molecule has 29 heavy (non-hydrogen) atoms. The number of pyridine rings is 1. The van der Waals surface area contributed by atoms with Gasteiger partial charge in [0.05, 0.1) is 11.0 Å². The van der Waals surface area contributed by atoms with Crippen molar-refractivity contribution >= 4 is 17.6 Å². The van der Waals surface area contributed by atoms with Crippen LogP contribution in [-0.2, 0) is 0 Å². The summed E-state index contributed by atoms with van der Waals surface area (Å²) in [5.41, 5.74) is 0.668. The first kappa shape index (κ1) is 21.0. The van der Waals surface area contributed by atoms with Crippen LogP contribution >= 0.6 is 11.6 Å². The number of urea groups is 1. The highest BCUT2D eigenvalue weighted by Crippen LogP contribution is 2.35. The highest BCUT2D eigenvalue weighted by atomic mass is 35.5. The molecule has 3 rings (SSSR count). The molecule has 0 saturated heterocycles. The van der Waals surface area contributed by atoms with Gasteiger partial charge in [-0.05, 0) is 44.1 Å². The molecule has 2 amide bonds. The summed E-state index contributed by atoms with van der Waals surface area (Å²) in [5.74, 6) is 1.42. The van der Waals surface area contributed by atoms with Gasteiger partial charge in [0.25, 0.3) is 0 Å². The summed E-state index contributed by atoms with van der Waals surface area (Å²) in [5, 5.41) is 3.91. The van der Waals surface area contributed by atoms with E-state index in [1.54, 1.807) is 24.4 Å². The number of alkyl halides is 4. The van der Waals surface area contributed by atoms with E-state index in [-0.39, 0.29) is 12.1 Å². The van der Waals surface area contributed by atoms with Gasteiger partial charge in [-0.1, -0.05) is 6.08 Å². The quantitative estimate of drug-likeness (QED) is 0.666. The van der Waals surface area contributed by atoms with Crippen molar-refractivity contribution in [2.24, 2.45) is 0 Å². The highest BCUT2D eigenvalue weighted by molar-refractivity contribution is 6.22. The number of aromatic nitrogens is 1. The Hall–Kier alpha value is -2.74. The molecule has 1 aromatic heterocycles. The summed E-state index contributed by atoms with van der Waals surface area (Å²) in [6.45, 7) is 1.87. The van der Waals surface area contributed by atoms with Crippen LogP contribution in [-0.4, -0.2) is 22.6 Å². The Kier molecular flexibility index (Phi) is 6.32. The molecular formula is C20H19ClF3N3O2. The van der Waals surface area contributed by atoms with E-state index < -0.39 is 23.2 Å². The average molecular weight is 426 g/mol. The van der Waals surface area contributed by atoms with Crippen LogP contribution in [0.3, 0.4) is 0 Å². The van der Waals surface area contributed by atoms with Crippen molar-refractivity contribution in [3.63, 3.8) is 0 Å². The maximum atomic E-state index is 13.0. The maximum absolute atomic E-state index is 13.0. The molecule has 0 saturated carbocycles. The zero-order chi connectivity index (χ0) is 21.0. The van der Waals surface area contributed by atoms with Gasteiger partial charge >= 0.3 is 12.2 Å². The molecule has 1 heterocycles. The van der Waals surface area contributed by atoms with Gasteiger partial charge in [0.15, 0.2) is 0 Å². The third kappa shape index (κ3) is 5.87. The number of ether oxygens (including phenoxy) is 1. The van der Waals surface area contributed by atoms with Crippen molar-refractivity contribution in [1.29, 1.82) is 0 Å². The van der Waals surface area contributed by atoms with E-state index in [1.165, 1.54) is 6.08 Å². The van der Waals surface area contributed by atoms with Gasteiger partial charge in [0.2, 0.25) is 0 Å². The van der Waals surface area contributed by atoms with Crippen molar-refractivity contribution in [2.75, 3.05) is 0 Å². The number of hydrogen-bond donors (Lipinski definition) is 2. The van der Waals surface area contributed by atoms with E-state index in [1.807, 2.05) is 13.0 Å². The first-order chi connectivity index (χ1) is 13.7. The second kappa shape index (κ2) is 8.73. The number of halogens is 4. The van der Waals surface area contributed by atoms with E-state index >= 15 is 0 Å². The summed E-state index contributed by atoms with van der Waals surface area (Å²) >= 11 is 5.71. The Balaban J connectivity index is 1.57. The molecule has 1 atom stereocenters. The summed E-state index contributed by atoms with van der Waals surface area (Å²) in [4.78, 5) is 16.2. The lowest BCUT2D eigenvalue weighted by molar-refractivity contribution is -0.0937. The number of nitrogens with zero attached hydrogens (tertiary/aromatic N) is 1. The zero-order valence-corrected chi connectivity index (χ0v) is 16.3. The molecule has 2 N–H and O–H groups in total. The largest absolute Gasteiger partial charge is 0.462 e. The molecule has 0 spiro atoms. The fraction of sp³-hybridized carbons (Fsp3) is 0.300. The molecule has 2 aliphatic rings. The summed E-state index contributed by atoms with van der Waals surface area (Å²) in [6.07, 6.45) is 3.97. The SMILES string of the molecule is Cc1cc(OC2=CC=C(NC(=O)NC3=CCC(Cl)C(C(F)(F)F)=C3)CC2)ccn1. The lowest BCUT2D eigenvalue weighted by Crippen LogP contribution is -2.36. The van der Waals surface area contributed by atoms with E-state index in [0.29, 0.717) is 24.3 Å². The first-order valence-corrected chi connectivity index (χ1v) is 9.35. The Labute approximate surface area is 171 Å². The Bertz CT molecular complexity index is 920. The van der Waals surface area contributed by atoms with Crippen molar-refractivity contribution in [2.45, 2.75) is 37.7 Å². The predicted molar refractivity (Wildman–Crippen MR) is 103 cm³/mol. The van der Waals surface area contributed by atoms with Crippen molar-refractivity contribution in [3.8, 4) is 5.75 Å². The molecule has 0 bridgehead atoms. The normalized spacial score (nSPS) is 19.4. The van der Waals surface area contributed by atoms with Crippen LogP contribution in [0.4, 0.5) is 18.0 Å². The first-order valence-electron chi connectivity index (χ1n) is 8.92. The minimum atomic E-state index is -4.54. The van der Waals surface area contributed by atoms with E-state index in [4.69, 9.17) is 16.3 Å². The maximum Gasteiger partial charge on any atom is 0.414 e. The van der Waals surface area contributed by atoms with E-state index in [9.17, 15) is 18.0 Å². The molecule has 0 fully saturated rings. The van der Waals surface area contributed by atoms with Crippen LogP contribution < -0.4 is 15.4 Å². The number of carbonyl (C=O) groups excluding carboxylic acids is 1. The fourth-order valence-electron chi connectivity index (χ4n) is 2.87. The molecule has 1 unspecified atom stereocenters. The van der Waals surface area contributed by atoms with Crippen LogP contribution in [0, 0.1) is 6.92 Å². The number of nitrogens with one attached hydrogen (secondary N) is 2. The van der Waals surface area contributed by atoms with Crippen LogP contribution in [0.2, 0.25) is 0 Å². The van der Waals surface area contributed by atoms with Gasteiger partial charge in [-0.15, -0.1) is 11.6 Å². The van der Waals surface area contributed by atoms with Crippen LogP contribution in [0.1, 0.15) is 25.0 Å². The van der Waals surface area contributed by atoms with E-state index in [2.05, 4.69) is 15.6 Å². The molecule has 154 valence electrons. The van der Waals surface area contributed by atoms with Crippen molar-refractivity contribution < 1.29 is 22.7 Å². The lowest BCUT2D eigenvalue weighted by atomic mass is 10.0. The zero-order valence-electron chi connectivity index (χ0n) is 15.5. The van der Waals surface area contributed by atoms with Gasteiger partial charge in [-0.3, -0.25) is 4.98 Å². The molecule has 5 nitrogen and oxygen atoms in total. The molecule has 0 aromatic carbocycles. The van der Waals surface area contributed by atoms with Crippen molar-refractivity contribution in [1.82, 2.24) is 15.6 Å². The second-order valence-corrected chi connectivity index (χ2v) is 7.13. The third-order valence-corrected chi connectivity index (χ3v) is 4.69. The number of amides is 2. The Morgan fingerprint density at radius 1 is 1.28 bits per heavy atom. The lowest BCUT2D eigenvalue weighted by Gasteiger charge is -2.22. The standard InChI is InChI=1S/C20H19ClF3N3O2/c1-12-10-16(8-9-25-12)29-15-5-2-13(3-6-15)26-19(28)27-14-4-7-18(21)17(11-14)20(22,23)24/h2,4-5,8-11,18H,3,6-7H2,1H3,(H2,26,27,28). The summed E-state index contributed by atoms with van der Waals surface area (Å²) in [7, 11) is 0. The number of carbonyl (C=O) groups is 1. The molecule has 0 aliphatic heterocycles. The summed E-state index contributed by atoms with van der Waals surface area (Å²) < 4.78 is 44.6. The van der Waals surface area contributed by atoms with Crippen LogP contribution in [0.5, 0.6) is 5.75 Å². The van der Waals surface area contributed by atoms with Crippen LogP contribution in [0.25, 0.3) is 0 Å². The second-order valence-electron chi connectivity index (χ2n) is 6.60. The van der Waals surface area contributed by atoms with Crippen LogP contribution in [0.15, 0.2) is 65.4 Å². The average Bonchev–Trinajstić information content (AvgIpc) is 2.64. The Morgan fingerprint density at radius 2 is 2.07 bits per heavy atom.